The third-order valence-electron chi connectivity index (χ3n) is 2.55. The van der Waals surface area contributed by atoms with Crippen LogP contribution in [0.1, 0.15) is 25.8 Å². The van der Waals surface area contributed by atoms with Crippen molar-refractivity contribution in [1.82, 2.24) is 5.32 Å². The standard InChI is InChI=1S/C14H19NO3/c1-3-18-14(17)13(16)15-11(2)9-10-12-7-5-4-6-8-12/h4-8,11H,3,9-10H2,1-2H3,(H,15,16)/t11-/m1/s1. The van der Waals surface area contributed by atoms with Crippen molar-refractivity contribution in [2.24, 2.45) is 0 Å². The zero-order valence-electron chi connectivity index (χ0n) is 10.8. The van der Waals surface area contributed by atoms with Gasteiger partial charge in [0, 0.05) is 6.04 Å². The molecule has 0 unspecified atom stereocenters. The van der Waals surface area contributed by atoms with Crippen LogP contribution >= 0.6 is 0 Å². The second-order valence-corrected chi connectivity index (χ2v) is 4.12. The molecule has 1 N–H and O–H groups in total. The lowest BCUT2D eigenvalue weighted by Crippen LogP contribution is -2.38. The predicted molar refractivity (Wildman–Crippen MR) is 69.0 cm³/mol. The first-order valence-corrected chi connectivity index (χ1v) is 6.15. The van der Waals surface area contributed by atoms with Gasteiger partial charge in [0.05, 0.1) is 6.61 Å². The van der Waals surface area contributed by atoms with Crippen LogP contribution in [0.25, 0.3) is 0 Å². The van der Waals surface area contributed by atoms with Crippen LogP contribution in [0.2, 0.25) is 0 Å². The summed E-state index contributed by atoms with van der Waals surface area (Å²) in [5.41, 5.74) is 1.22. The summed E-state index contributed by atoms with van der Waals surface area (Å²) in [7, 11) is 0. The molecule has 1 atom stereocenters. The number of nitrogens with one attached hydrogen (secondary N) is 1. The van der Waals surface area contributed by atoms with Crippen molar-refractivity contribution >= 4 is 11.9 Å². The summed E-state index contributed by atoms with van der Waals surface area (Å²) < 4.78 is 4.62. The van der Waals surface area contributed by atoms with Gasteiger partial charge in [0.25, 0.3) is 0 Å². The molecule has 0 radical (unpaired) electrons. The molecule has 0 fully saturated rings. The van der Waals surface area contributed by atoms with Crippen molar-refractivity contribution in [2.45, 2.75) is 32.7 Å². The van der Waals surface area contributed by atoms with E-state index in [9.17, 15) is 9.59 Å². The molecule has 0 aromatic heterocycles. The van der Waals surface area contributed by atoms with Crippen LogP contribution in [0.4, 0.5) is 0 Å². The molecule has 98 valence electrons. The van der Waals surface area contributed by atoms with Gasteiger partial charge in [-0.3, -0.25) is 4.79 Å². The van der Waals surface area contributed by atoms with Gasteiger partial charge < -0.3 is 10.1 Å². The monoisotopic (exact) mass is 249 g/mol. The molecule has 1 rings (SSSR count). The quantitative estimate of drug-likeness (QED) is 0.638. The number of benzene rings is 1. The van der Waals surface area contributed by atoms with Crippen molar-refractivity contribution in [3.8, 4) is 0 Å². The predicted octanol–water partition coefficient (Wildman–Crippen LogP) is 1.69. The molecular formula is C14H19NO3. The Bertz CT molecular complexity index is 389. The Morgan fingerprint density at radius 2 is 1.94 bits per heavy atom. The molecule has 1 aromatic rings. The first-order chi connectivity index (χ1) is 8.63. The van der Waals surface area contributed by atoms with Gasteiger partial charge in [0.2, 0.25) is 0 Å². The number of carbonyl (C=O) groups excluding carboxylic acids is 2. The Balaban J connectivity index is 2.31. The first kappa shape index (κ1) is 14.2. The Morgan fingerprint density at radius 3 is 2.56 bits per heavy atom. The summed E-state index contributed by atoms with van der Waals surface area (Å²) in [6, 6.07) is 9.96. The molecule has 0 aliphatic rings. The number of hydrogen-bond donors (Lipinski definition) is 1. The molecule has 0 saturated carbocycles. The van der Waals surface area contributed by atoms with E-state index in [0.717, 1.165) is 12.8 Å². The highest BCUT2D eigenvalue weighted by Crippen LogP contribution is 2.04. The molecule has 4 nitrogen and oxygen atoms in total. The third-order valence-corrected chi connectivity index (χ3v) is 2.55. The van der Waals surface area contributed by atoms with Gasteiger partial charge in [-0.05, 0) is 32.3 Å². The maximum atomic E-state index is 11.4. The summed E-state index contributed by atoms with van der Waals surface area (Å²) in [5.74, 6) is -1.48. The van der Waals surface area contributed by atoms with Gasteiger partial charge in [0.1, 0.15) is 0 Å². The number of carbonyl (C=O) groups is 2. The summed E-state index contributed by atoms with van der Waals surface area (Å²) in [4.78, 5) is 22.5. The van der Waals surface area contributed by atoms with Crippen LogP contribution in [0.3, 0.4) is 0 Å². The van der Waals surface area contributed by atoms with Crippen LogP contribution in [-0.4, -0.2) is 24.5 Å². The molecular weight excluding hydrogens is 230 g/mol. The number of ether oxygens (including phenoxy) is 1. The van der Waals surface area contributed by atoms with Crippen LogP contribution in [0.5, 0.6) is 0 Å². The fourth-order valence-corrected chi connectivity index (χ4v) is 1.58. The molecule has 0 aliphatic heterocycles. The number of aryl methyl sites for hydroxylation is 1. The van der Waals surface area contributed by atoms with Gasteiger partial charge in [-0.2, -0.15) is 0 Å². The number of hydrogen-bond acceptors (Lipinski definition) is 3. The Hall–Kier alpha value is -1.84. The lowest BCUT2D eigenvalue weighted by Gasteiger charge is -2.13. The summed E-state index contributed by atoms with van der Waals surface area (Å²) in [6.07, 6.45) is 1.65. The highest BCUT2D eigenvalue weighted by atomic mass is 16.5. The summed E-state index contributed by atoms with van der Waals surface area (Å²) in [5, 5.41) is 2.62. The van der Waals surface area contributed by atoms with Crippen molar-refractivity contribution in [3.63, 3.8) is 0 Å². The summed E-state index contributed by atoms with van der Waals surface area (Å²) >= 11 is 0. The number of rotatable bonds is 5. The van der Waals surface area contributed by atoms with E-state index in [-0.39, 0.29) is 12.6 Å². The molecule has 0 spiro atoms. The second-order valence-electron chi connectivity index (χ2n) is 4.12. The van der Waals surface area contributed by atoms with Gasteiger partial charge >= 0.3 is 11.9 Å². The maximum absolute atomic E-state index is 11.4. The smallest absolute Gasteiger partial charge is 0.396 e. The largest absolute Gasteiger partial charge is 0.459 e. The van der Waals surface area contributed by atoms with E-state index in [0.29, 0.717) is 0 Å². The van der Waals surface area contributed by atoms with Gasteiger partial charge in [-0.25, -0.2) is 4.79 Å². The summed E-state index contributed by atoms with van der Waals surface area (Å²) in [6.45, 7) is 3.76. The molecule has 1 amide bonds. The van der Waals surface area contributed by atoms with E-state index in [1.807, 2.05) is 37.3 Å². The maximum Gasteiger partial charge on any atom is 0.396 e. The van der Waals surface area contributed by atoms with E-state index in [2.05, 4.69) is 10.1 Å². The van der Waals surface area contributed by atoms with Crippen molar-refractivity contribution < 1.29 is 14.3 Å². The molecule has 18 heavy (non-hydrogen) atoms. The fourth-order valence-electron chi connectivity index (χ4n) is 1.58. The minimum absolute atomic E-state index is 0.0536. The lowest BCUT2D eigenvalue weighted by atomic mass is 10.1. The molecule has 4 heteroatoms. The SMILES string of the molecule is CCOC(=O)C(=O)N[C@H](C)CCc1ccccc1. The highest BCUT2D eigenvalue weighted by Gasteiger charge is 2.16. The first-order valence-electron chi connectivity index (χ1n) is 6.15. The third kappa shape index (κ3) is 4.99. The molecule has 0 saturated heterocycles. The second kappa shape index (κ2) is 7.48. The minimum Gasteiger partial charge on any atom is -0.459 e. The van der Waals surface area contributed by atoms with E-state index in [4.69, 9.17) is 0 Å². The zero-order chi connectivity index (χ0) is 13.4. The number of esters is 1. The van der Waals surface area contributed by atoms with E-state index >= 15 is 0 Å². The minimum atomic E-state index is -0.816. The molecule has 0 bridgehead atoms. The molecule has 0 heterocycles. The fraction of sp³-hybridized carbons (Fsp3) is 0.429. The Morgan fingerprint density at radius 1 is 1.28 bits per heavy atom. The zero-order valence-corrected chi connectivity index (χ0v) is 10.8. The average Bonchev–Trinajstić information content (AvgIpc) is 2.38. The molecule has 0 aliphatic carbocycles. The van der Waals surface area contributed by atoms with Crippen LogP contribution in [0.15, 0.2) is 30.3 Å². The van der Waals surface area contributed by atoms with Crippen molar-refractivity contribution in [2.75, 3.05) is 6.61 Å². The normalized spacial score (nSPS) is 11.7. The van der Waals surface area contributed by atoms with Crippen LogP contribution in [0, 0.1) is 0 Å². The number of amides is 1. The molecule has 1 aromatic carbocycles. The van der Waals surface area contributed by atoms with Crippen LogP contribution < -0.4 is 5.32 Å². The van der Waals surface area contributed by atoms with E-state index in [1.54, 1.807) is 6.92 Å². The van der Waals surface area contributed by atoms with Crippen LogP contribution in [-0.2, 0) is 20.7 Å². The van der Waals surface area contributed by atoms with Gasteiger partial charge in [-0.1, -0.05) is 30.3 Å². The average molecular weight is 249 g/mol. The highest BCUT2D eigenvalue weighted by molar-refractivity contribution is 6.32. The van der Waals surface area contributed by atoms with Crippen molar-refractivity contribution in [3.05, 3.63) is 35.9 Å². The van der Waals surface area contributed by atoms with Gasteiger partial charge in [0.15, 0.2) is 0 Å². The Kier molecular flexibility index (Phi) is 5.91. The van der Waals surface area contributed by atoms with E-state index < -0.39 is 11.9 Å². The topological polar surface area (TPSA) is 55.4 Å². The lowest BCUT2D eigenvalue weighted by molar-refractivity contribution is -0.154. The van der Waals surface area contributed by atoms with Crippen molar-refractivity contribution in [1.29, 1.82) is 0 Å². The Labute approximate surface area is 107 Å². The van der Waals surface area contributed by atoms with Gasteiger partial charge in [-0.15, -0.1) is 0 Å². The van der Waals surface area contributed by atoms with E-state index in [1.165, 1.54) is 5.56 Å².